The largest absolute Gasteiger partial charge is 0.481 e. The monoisotopic (exact) mass is 194 g/mol. The maximum atomic E-state index is 10.6. The van der Waals surface area contributed by atoms with Crippen LogP contribution in [0.15, 0.2) is 18.5 Å². The molecule has 1 unspecified atom stereocenters. The van der Waals surface area contributed by atoms with Gasteiger partial charge in [0.1, 0.15) is 0 Å². The lowest BCUT2D eigenvalue weighted by Gasteiger charge is -2.12. The van der Waals surface area contributed by atoms with E-state index in [0.717, 1.165) is 11.1 Å². The van der Waals surface area contributed by atoms with Crippen LogP contribution >= 0.6 is 0 Å². The van der Waals surface area contributed by atoms with Crippen molar-refractivity contribution in [3.63, 3.8) is 0 Å². The highest BCUT2D eigenvalue weighted by Gasteiger charge is 2.13. The number of rotatable bonds is 4. The Bertz CT molecular complexity index is 326. The van der Waals surface area contributed by atoms with Crippen molar-refractivity contribution in [3.05, 3.63) is 29.6 Å². The number of aromatic nitrogens is 1. The predicted octanol–water partition coefficient (Wildman–Crippen LogP) is 0.907. The number of aryl methyl sites for hydroxylation is 1. The molecule has 0 saturated carbocycles. The minimum absolute atomic E-state index is 0.0572. The Kier molecular flexibility index (Phi) is 3.59. The molecule has 0 fully saturated rings. The molecule has 0 amide bonds. The Morgan fingerprint density at radius 2 is 2.36 bits per heavy atom. The van der Waals surface area contributed by atoms with Gasteiger partial charge in [-0.3, -0.25) is 9.78 Å². The van der Waals surface area contributed by atoms with Gasteiger partial charge in [0.2, 0.25) is 0 Å². The Morgan fingerprint density at radius 3 is 2.86 bits per heavy atom. The maximum Gasteiger partial charge on any atom is 0.304 e. The SMILES string of the molecule is Cc1cncc(C(CN)CC(=O)O)c1. The molecule has 0 aliphatic heterocycles. The first kappa shape index (κ1) is 10.7. The summed E-state index contributed by atoms with van der Waals surface area (Å²) < 4.78 is 0. The second kappa shape index (κ2) is 4.72. The molecule has 1 aromatic heterocycles. The molecule has 1 atom stereocenters. The minimum Gasteiger partial charge on any atom is -0.481 e. The normalized spacial score (nSPS) is 12.4. The molecule has 1 heterocycles. The molecule has 0 saturated heterocycles. The molecular weight excluding hydrogens is 180 g/mol. The molecule has 3 N–H and O–H groups in total. The number of carboxylic acids is 1. The Labute approximate surface area is 82.8 Å². The highest BCUT2D eigenvalue weighted by Crippen LogP contribution is 2.18. The van der Waals surface area contributed by atoms with Crippen LogP contribution < -0.4 is 5.73 Å². The van der Waals surface area contributed by atoms with Gasteiger partial charge in [-0.15, -0.1) is 0 Å². The number of carbonyl (C=O) groups is 1. The van der Waals surface area contributed by atoms with E-state index in [1.165, 1.54) is 0 Å². The summed E-state index contributed by atoms with van der Waals surface area (Å²) in [7, 11) is 0. The average molecular weight is 194 g/mol. The zero-order valence-corrected chi connectivity index (χ0v) is 8.10. The summed E-state index contributed by atoms with van der Waals surface area (Å²) in [5.74, 6) is -0.971. The highest BCUT2D eigenvalue weighted by atomic mass is 16.4. The third kappa shape index (κ3) is 2.81. The van der Waals surface area contributed by atoms with Crippen LogP contribution in [0.4, 0.5) is 0 Å². The number of hydrogen-bond acceptors (Lipinski definition) is 3. The van der Waals surface area contributed by atoms with Crippen LogP contribution in [0.2, 0.25) is 0 Å². The number of nitrogens with two attached hydrogens (primary N) is 1. The van der Waals surface area contributed by atoms with Crippen molar-refractivity contribution in [2.75, 3.05) is 6.54 Å². The lowest BCUT2D eigenvalue weighted by Crippen LogP contribution is -2.16. The molecule has 0 aliphatic carbocycles. The summed E-state index contributed by atoms with van der Waals surface area (Å²) in [6, 6.07) is 1.92. The van der Waals surface area contributed by atoms with Crippen molar-refractivity contribution in [2.24, 2.45) is 5.73 Å². The molecule has 1 rings (SSSR count). The molecule has 0 aliphatic rings. The van der Waals surface area contributed by atoms with Gasteiger partial charge in [-0.25, -0.2) is 0 Å². The molecule has 4 heteroatoms. The molecule has 4 nitrogen and oxygen atoms in total. The summed E-state index contributed by atoms with van der Waals surface area (Å²) in [5.41, 5.74) is 7.43. The second-order valence-corrected chi connectivity index (χ2v) is 3.33. The predicted molar refractivity (Wildman–Crippen MR) is 53.0 cm³/mol. The van der Waals surface area contributed by atoms with Gasteiger partial charge < -0.3 is 10.8 Å². The zero-order valence-electron chi connectivity index (χ0n) is 8.10. The van der Waals surface area contributed by atoms with Gasteiger partial charge >= 0.3 is 5.97 Å². The standard InChI is InChI=1S/C10H14N2O2/c1-7-2-9(6-12-5-7)8(4-11)3-10(13)14/h2,5-6,8H,3-4,11H2,1H3,(H,13,14). The summed E-state index contributed by atoms with van der Waals surface area (Å²) in [5, 5.41) is 8.67. The first-order valence-electron chi connectivity index (χ1n) is 4.47. The van der Waals surface area contributed by atoms with Gasteiger partial charge in [-0.2, -0.15) is 0 Å². The second-order valence-electron chi connectivity index (χ2n) is 3.33. The first-order chi connectivity index (χ1) is 6.63. The molecule has 0 aromatic carbocycles. The fraction of sp³-hybridized carbons (Fsp3) is 0.400. The topological polar surface area (TPSA) is 76.2 Å². The molecule has 1 aromatic rings. The minimum atomic E-state index is -0.832. The maximum absolute atomic E-state index is 10.6. The quantitative estimate of drug-likeness (QED) is 0.746. The highest BCUT2D eigenvalue weighted by molar-refractivity contribution is 5.68. The molecule has 0 spiro atoms. The summed E-state index contributed by atoms with van der Waals surface area (Å²) in [6.45, 7) is 2.25. The third-order valence-electron chi connectivity index (χ3n) is 2.07. The van der Waals surface area contributed by atoms with E-state index < -0.39 is 5.97 Å². The van der Waals surface area contributed by atoms with Crippen LogP contribution in [0.25, 0.3) is 0 Å². The number of carboxylic acid groups (broad SMARTS) is 1. The van der Waals surface area contributed by atoms with Crippen molar-refractivity contribution >= 4 is 5.97 Å². The Morgan fingerprint density at radius 1 is 1.64 bits per heavy atom. The van der Waals surface area contributed by atoms with Crippen molar-refractivity contribution in [3.8, 4) is 0 Å². The van der Waals surface area contributed by atoms with Gasteiger partial charge in [0.15, 0.2) is 0 Å². The van der Waals surface area contributed by atoms with Crippen LogP contribution in [0.1, 0.15) is 23.5 Å². The Hall–Kier alpha value is -1.42. The molecule has 14 heavy (non-hydrogen) atoms. The summed E-state index contributed by atoms with van der Waals surface area (Å²) in [4.78, 5) is 14.6. The van der Waals surface area contributed by atoms with E-state index in [4.69, 9.17) is 10.8 Å². The van der Waals surface area contributed by atoms with Crippen LogP contribution in [-0.2, 0) is 4.79 Å². The molecule has 0 radical (unpaired) electrons. The van der Waals surface area contributed by atoms with Crippen LogP contribution in [-0.4, -0.2) is 22.6 Å². The fourth-order valence-electron chi connectivity index (χ4n) is 1.35. The lowest BCUT2D eigenvalue weighted by molar-refractivity contribution is -0.137. The van der Waals surface area contributed by atoms with Crippen molar-refractivity contribution in [1.82, 2.24) is 4.98 Å². The van der Waals surface area contributed by atoms with E-state index in [2.05, 4.69) is 4.98 Å². The van der Waals surface area contributed by atoms with Gasteiger partial charge in [0, 0.05) is 18.3 Å². The van der Waals surface area contributed by atoms with E-state index in [1.807, 2.05) is 13.0 Å². The first-order valence-corrected chi connectivity index (χ1v) is 4.47. The van der Waals surface area contributed by atoms with Gasteiger partial charge in [0.05, 0.1) is 6.42 Å². The van der Waals surface area contributed by atoms with Crippen molar-refractivity contribution in [1.29, 1.82) is 0 Å². The van der Waals surface area contributed by atoms with E-state index in [1.54, 1.807) is 12.4 Å². The number of aliphatic carboxylic acids is 1. The van der Waals surface area contributed by atoms with Crippen molar-refractivity contribution in [2.45, 2.75) is 19.3 Å². The smallest absolute Gasteiger partial charge is 0.304 e. The molecular formula is C10H14N2O2. The van der Waals surface area contributed by atoms with E-state index >= 15 is 0 Å². The van der Waals surface area contributed by atoms with E-state index in [-0.39, 0.29) is 12.3 Å². The van der Waals surface area contributed by atoms with E-state index in [9.17, 15) is 4.79 Å². The van der Waals surface area contributed by atoms with Gasteiger partial charge in [-0.05, 0) is 24.6 Å². The number of hydrogen-bond donors (Lipinski definition) is 2. The van der Waals surface area contributed by atoms with E-state index in [0.29, 0.717) is 6.54 Å². The Balaban J connectivity index is 2.83. The number of pyridine rings is 1. The summed E-state index contributed by atoms with van der Waals surface area (Å²) in [6.07, 6.45) is 3.47. The average Bonchev–Trinajstić information content (AvgIpc) is 2.14. The lowest BCUT2D eigenvalue weighted by atomic mass is 9.97. The summed E-state index contributed by atoms with van der Waals surface area (Å²) >= 11 is 0. The third-order valence-corrected chi connectivity index (χ3v) is 2.07. The zero-order chi connectivity index (χ0) is 10.6. The van der Waals surface area contributed by atoms with Crippen LogP contribution in [0.3, 0.4) is 0 Å². The van der Waals surface area contributed by atoms with Gasteiger partial charge in [0.25, 0.3) is 0 Å². The number of nitrogens with zero attached hydrogens (tertiary/aromatic N) is 1. The molecule has 76 valence electrons. The van der Waals surface area contributed by atoms with Crippen LogP contribution in [0.5, 0.6) is 0 Å². The fourth-order valence-corrected chi connectivity index (χ4v) is 1.35. The van der Waals surface area contributed by atoms with Crippen molar-refractivity contribution < 1.29 is 9.90 Å². The van der Waals surface area contributed by atoms with Gasteiger partial charge in [-0.1, -0.05) is 6.07 Å². The van der Waals surface area contributed by atoms with Crippen LogP contribution in [0, 0.1) is 6.92 Å². The molecule has 0 bridgehead atoms.